The standard InChI is InChI=1S/C13H25NO2S/c1-4-14-13(2,12(15)16-3)10-17-11-8-6-5-7-9-11/h11,14H,4-10H2,1-3H3. The van der Waals surface area contributed by atoms with Crippen LogP contribution in [0.1, 0.15) is 46.0 Å². The monoisotopic (exact) mass is 259 g/mol. The minimum absolute atomic E-state index is 0.150. The normalized spacial score (nSPS) is 20.9. The summed E-state index contributed by atoms with van der Waals surface area (Å²) in [5.41, 5.74) is -0.536. The van der Waals surface area contributed by atoms with E-state index in [4.69, 9.17) is 4.74 Å². The van der Waals surface area contributed by atoms with Gasteiger partial charge < -0.3 is 10.1 Å². The quantitative estimate of drug-likeness (QED) is 0.744. The highest BCUT2D eigenvalue weighted by molar-refractivity contribution is 8.00. The fraction of sp³-hybridized carbons (Fsp3) is 0.923. The molecule has 1 atom stereocenters. The molecule has 0 aliphatic heterocycles. The van der Waals surface area contributed by atoms with Gasteiger partial charge in [0.25, 0.3) is 0 Å². The molecule has 100 valence electrons. The van der Waals surface area contributed by atoms with Gasteiger partial charge in [0.15, 0.2) is 0 Å². The number of carbonyl (C=O) groups excluding carboxylic acids is 1. The molecule has 1 aliphatic carbocycles. The van der Waals surface area contributed by atoms with Crippen LogP contribution < -0.4 is 5.32 Å². The van der Waals surface area contributed by atoms with Crippen molar-refractivity contribution in [3.8, 4) is 0 Å². The van der Waals surface area contributed by atoms with E-state index in [1.807, 2.05) is 25.6 Å². The zero-order valence-electron chi connectivity index (χ0n) is 11.3. The first-order chi connectivity index (χ1) is 8.12. The third kappa shape index (κ3) is 4.51. The summed E-state index contributed by atoms with van der Waals surface area (Å²) in [6.45, 7) is 4.75. The smallest absolute Gasteiger partial charge is 0.326 e. The molecule has 0 bridgehead atoms. The van der Waals surface area contributed by atoms with Gasteiger partial charge in [-0.15, -0.1) is 0 Å². The Morgan fingerprint density at radius 1 is 1.41 bits per heavy atom. The molecule has 0 heterocycles. The van der Waals surface area contributed by atoms with Crippen molar-refractivity contribution in [1.82, 2.24) is 5.32 Å². The average Bonchev–Trinajstić information content (AvgIpc) is 2.37. The van der Waals surface area contributed by atoms with Crippen LogP contribution in [-0.4, -0.2) is 36.2 Å². The molecule has 0 aromatic rings. The molecule has 1 fully saturated rings. The van der Waals surface area contributed by atoms with E-state index in [0.29, 0.717) is 0 Å². The van der Waals surface area contributed by atoms with Gasteiger partial charge in [0.1, 0.15) is 5.54 Å². The first kappa shape index (κ1) is 14.8. The molecule has 4 heteroatoms. The van der Waals surface area contributed by atoms with Crippen molar-refractivity contribution in [2.24, 2.45) is 0 Å². The lowest BCUT2D eigenvalue weighted by Gasteiger charge is -2.30. The number of hydrogen-bond acceptors (Lipinski definition) is 4. The van der Waals surface area contributed by atoms with E-state index in [1.165, 1.54) is 39.2 Å². The van der Waals surface area contributed by atoms with Crippen LogP contribution in [0.2, 0.25) is 0 Å². The number of esters is 1. The van der Waals surface area contributed by atoms with Gasteiger partial charge in [-0.05, 0) is 26.3 Å². The SMILES string of the molecule is CCNC(C)(CSC1CCCCC1)C(=O)OC. The zero-order chi connectivity index (χ0) is 12.7. The van der Waals surface area contributed by atoms with E-state index in [1.54, 1.807) is 0 Å². The second kappa shape index (κ2) is 7.27. The van der Waals surface area contributed by atoms with Crippen molar-refractivity contribution in [1.29, 1.82) is 0 Å². The molecule has 17 heavy (non-hydrogen) atoms. The predicted molar refractivity (Wildman–Crippen MR) is 73.4 cm³/mol. The lowest BCUT2D eigenvalue weighted by Crippen LogP contribution is -2.52. The minimum atomic E-state index is -0.536. The topological polar surface area (TPSA) is 38.3 Å². The van der Waals surface area contributed by atoms with Gasteiger partial charge in [-0.1, -0.05) is 26.2 Å². The molecule has 0 amide bonds. The molecule has 3 nitrogen and oxygen atoms in total. The summed E-state index contributed by atoms with van der Waals surface area (Å²) in [6.07, 6.45) is 6.66. The van der Waals surface area contributed by atoms with Crippen molar-refractivity contribution in [3.05, 3.63) is 0 Å². The van der Waals surface area contributed by atoms with Gasteiger partial charge in [0.05, 0.1) is 7.11 Å². The number of hydrogen-bond donors (Lipinski definition) is 1. The van der Waals surface area contributed by atoms with Crippen molar-refractivity contribution >= 4 is 17.7 Å². The first-order valence-electron chi connectivity index (χ1n) is 6.57. The summed E-state index contributed by atoms with van der Waals surface area (Å²) >= 11 is 1.92. The number of ether oxygens (including phenoxy) is 1. The molecule has 0 spiro atoms. The van der Waals surface area contributed by atoms with Crippen LogP contribution in [0.25, 0.3) is 0 Å². The maximum Gasteiger partial charge on any atom is 0.326 e. The Bertz CT molecular complexity index is 242. The van der Waals surface area contributed by atoms with Crippen molar-refractivity contribution < 1.29 is 9.53 Å². The number of rotatable bonds is 6. The van der Waals surface area contributed by atoms with E-state index in [9.17, 15) is 4.79 Å². The summed E-state index contributed by atoms with van der Waals surface area (Å²) in [5, 5.41) is 3.98. The predicted octanol–water partition coefficient (Wildman–Crippen LogP) is 2.59. The minimum Gasteiger partial charge on any atom is -0.468 e. The first-order valence-corrected chi connectivity index (χ1v) is 7.62. The Labute approximate surface area is 109 Å². The van der Waals surface area contributed by atoms with Crippen LogP contribution in [0.15, 0.2) is 0 Å². The Balaban J connectivity index is 2.45. The van der Waals surface area contributed by atoms with E-state index in [0.717, 1.165) is 17.5 Å². The molecule has 0 saturated heterocycles. The van der Waals surface area contributed by atoms with E-state index < -0.39 is 5.54 Å². The van der Waals surface area contributed by atoms with Crippen LogP contribution in [0.3, 0.4) is 0 Å². The fourth-order valence-electron chi connectivity index (χ4n) is 2.31. The maximum atomic E-state index is 11.8. The van der Waals surface area contributed by atoms with Crippen LogP contribution in [0, 0.1) is 0 Å². The number of carbonyl (C=O) groups is 1. The lowest BCUT2D eigenvalue weighted by atomic mass is 10.0. The van der Waals surface area contributed by atoms with Gasteiger partial charge in [0.2, 0.25) is 0 Å². The molecular weight excluding hydrogens is 234 g/mol. The summed E-state index contributed by atoms with van der Waals surface area (Å²) in [4.78, 5) is 11.8. The molecule has 1 unspecified atom stereocenters. The maximum absolute atomic E-state index is 11.8. The molecule has 0 radical (unpaired) electrons. The van der Waals surface area contributed by atoms with Gasteiger partial charge in [-0.2, -0.15) is 11.8 Å². The molecular formula is C13H25NO2S. The number of thioether (sulfide) groups is 1. The van der Waals surface area contributed by atoms with Gasteiger partial charge >= 0.3 is 5.97 Å². The Morgan fingerprint density at radius 2 is 2.06 bits per heavy atom. The van der Waals surface area contributed by atoms with Crippen molar-refractivity contribution in [2.45, 2.75) is 56.7 Å². The summed E-state index contributed by atoms with van der Waals surface area (Å²) in [7, 11) is 1.46. The zero-order valence-corrected chi connectivity index (χ0v) is 12.1. The van der Waals surface area contributed by atoms with E-state index >= 15 is 0 Å². The van der Waals surface area contributed by atoms with Gasteiger partial charge in [-0.25, -0.2) is 0 Å². The van der Waals surface area contributed by atoms with Crippen LogP contribution >= 0.6 is 11.8 Å². The lowest BCUT2D eigenvalue weighted by molar-refractivity contribution is -0.146. The Hall–Kier alpha value is -0.220. The van der Waals surface area contributed by atoms with Crippen molar-refractivity contribution in [2.75, 3.05) is 19.4 Å². The number of likely N-dealkylation sites (N-methyl/N-ethyl adjacent to an activating group) is 1. The second-order valence-electron chi connectivity index (χ2n) is 4.93. The number of methoxy groups -OCH3 is 1. The highest BCUT2D eigenvalue weighted by atomic mass is 32.2. The summed E-state index contributed by atoms with van der Waals surface area (Å²) < 4.78 is 4.89. The van der Waals surface area contributed by atoms with E-state index in [-0.39, 0.29) is 5.97 Å². The molecule has 0 aromatic heterocycles. The highest BCUT2D eigenvalue weighted by Gasteiger charge is 2.34. The van der Waals surface area contributed by atoms with Crippen LogP contribution in [0.4, 0.5) is 0 Å². The number of nitrogens with one attached hydrogen (secondary N) is 1. The van der Waals surface area contributed by atoms with Crippen molar-refractivity contribution in [3.63, 3.8) is 0 Å². The van der Waals surface area contributed by atoms with Crippen LogP contribution in [-0.2, 0) is 9.53 Å². The average molecular weight is 259 g/mol. The molecule has 1 rings (SSSR count). The van der Waals surface area contributed by atoms with Crippen LogP contribution in [0.5, 0.6) is 0 Å². The van der Waals surface area contributed by atoms with E-state index in [2.05, 4.69) is 5.32 Å². The fourth-order valence-corrected chi connectivity index (χ4v) is 3.77. The largest absolute Gasteiger partial charge is 0.468 e. The Kier molecular flexibility index (Phi) is 6.34. The molecule has 1 N–H and O–H groups in total. The highest BCUT2D eigenvalue weighted by Crippen LogP contribution is 2.30. The molecule has 0 aromatic carbocycles. The second-order valence-corrected chi connectivity index (χ2v) is 6.21. The summed E-state index contributed by atoms with van der Waals surface area (Å²) in [6, 6.07) is 0. The summed E-state index contributed by atoms with van der Waals surface area (Å²) in [5.74, 6) is 0.653. The third-order valence-electron chi connectivity index (χ3n) is 3.36. The van der Waals surface area contributed by atoms with Gasteiger partial charge in [-0.3, -0.25) is 4.79 Å². The molecule has 1 saturated carbocycles. The third-order valence-corrected chi connectivity index (χ3v) is 5.05. The van der Waals surface area contributed by atoms with Gasteiger partial charge in [0, 0.05) is 11.0 Å². The Morgan fingerprint density at radius 3 is 2.59 bits per heavy atom. The molecule has 1 aliphatic rings.